The zero-order chi connectivity index (χ0) is 14.1. The zero-order valence-corrected chi connectivity index (χ0v) is 12.8. The van der Waals surface area contributed by atoms with Gasteiger partial charge < -0.3 is 5.32 Å². The Kier molecular flexibility index (Phi) is 3.59. The summed E-state index contributed by atoms with van der Waals surface area (Å²) in [6.45, 7) is 4.22. The van der Waals surface area contributed by atoms with Gasteiger partial charge in [-0.05, 0) is 31.0 Å². The summed E-state index contributed by atoms with van der Waals surface area (Å²) in [5.74, 6) is 1.31. The number of para-hydroxylation sites is 1. The molecule has 0 radical (unpaired) electrons. The number of halogens is 1. The van der Waals surface area contributed by atoms with Crippen LogP contribution in [0.25, 0.3) is 10.2 Å². The summed E-state index contributed by atoms with van der Waals surface area (Å²) in [4.78, 5) is 11.0. The van der Waals surface area contributed by atoms with E-state index in [0.29, 0.717) is 5.88 Å². The first-order valence-corrected chi connectivity index (χ1v) is 7.67. The van der Waals surface area contributed by atoms with E-state index in [0.717, 1.165) is 27.3 Å². The van der Waals surface area contributed by atoms with Crippen LogP contribution in [0, 0.1) is 13.8 Å². The molecule has 2 aromatic heterocycles. The van der Waals surface area contributed by atoms with Crippen molar-refractivity contribution >= 4 is 44.7 Å². The van der Waals surface area contributed by atoms with Crippen LogP contribution in [0.4, 0.5) is 11.5 Å². The molecule has 2 heterocycles. The maximum absolute atomic E-state index is 5.98. The lowest BCUT2D eigenvalue weighted by atomic mass is 10.2. The van der Waals surface area contributed by atoms with Crippen LogP contribution >= 0.6 is 22.9 Å². The summed E-state index contributed by atoms with van der Waals surface area (Å²) in [5, 5.41) is 4.49. The van der Waals surface area contributed by atoms with E-state index in [1.807, 2.05) is 24.3 Å². The fraction of sp³-hybridized carbons (Fsp3) is 0.200. The number of benzene rings is 1. The Morgan fingerprint density at radius 1 is 1.20 bits per heavy atom. The van der Waals surface area contributed by atoms with Gasteiger partial charge in [0.1, 0.15) is 17.0 Å². The SMILES string of the molecule is Cc1sc2ncnc(Nc3ccccc3CCl)c2c1C. The van der Waals surface area contributed by atoms with Gasteiger partial charge in [-0.2, -0.15) is 0 Å². The summed E-state index contributed by atoms with van der Waals surface area (Å²) < 4.78 is 0. The normalized spacial score (nSPS) is 10.9. The standard InChI is InChI=1S/C15H14ClN3S/c1-9-10(2)20-15-13(9)14(17-8-18-15)19-12-6-4-3-5-11(12)7-16/h3-6,8H,7H2,1-2H3,(H,17,18,19). The summed E-state index contributed by atoms with van der Waals surface area (Å²) >= 11 is 7.68. The van der Waals surface area contributed by atoms with E-state index in [1.165, 1.54) is 10.4 Å². The van der Waals surface area contributed by atoms with E-state index in [2.05, 4.69) is 29.1 Å². The number of nitrogens with one attached hydrogen (secondary N) is 1. The van der Waals surface area contributed by atoms with Gasteiger partial charge in [0.05, 0.1) is 5.39 Å². The molecule has 0 spiro atoms. The summed E-state index contributed by atoms with van der Waals surface area (Å²) in [5.41, 5.74) is 3.28. The van der Waals surface area contributed by atoms with E-state index in [4.69, 9.17) is 11.6 Å². The fourth-order valence-electron chi connectivity index (χ4n) is 2.16. The van der Waals surface area contributed by atoms with Crippen LogP contribution in [0.15, 0.2) is 30.6 Å². The van der Waals surface area contributed by atoms with Crippen LogP contribution in [0.2, 0.25) is 0 Å². The van der Waals surface area contributed by atoms with Crippen molar-refractivity contribution in [1.29, 1.82) is 0 Å². The number of alkyl halides is 1. The molecule has 20 heavy (non-hydrogen) atoms. The summed E-state index contributed by atoms with van der Waals surface area (Å²) in [6.07, 6.45) is 1.60. The highest BCUT2D eigenvalue weighted by molar-refractivity contribution is 7.18. The molecule has 0 saturated carbocycles. The Bertz CT molecular complexity index is 767. The highest BCUT2D eigenvalue weighted by Gasteiger charge is 2.12. The maximum atomic E-state index is 5.98. The quantitative estimate of drug-likeness (QED) is 0.707. The molecular formula is C15H14ClN3S. The van der Waals surface area contributed by atoms with Crippen molar-refractivity contribution in [2.75, 3.05) is 5.32 Å². The number of aryl methyl sites for hydroxylation is 2. The molecule has 0 atom stereocenters. The molecule has 1 N–H and O–H groups in total. The van der Waals surface area contributed by atoms with Gasteiger partial charge in [-0.3, -0.25) is 0 Å². The Balaban J connectivity index is 2.11. The highest BCUT2D eigenvalue weighted by Crippen LogP contribution is 2.34. The molecule has 3 nitrogen and oxygen atoms in total. The van der Waals surface area contributed by atoms with Gasteiger partial charge in [-0.15, -0.1) is 22.9 Å². The van der Waals surface area contributed by atoms with Crippen LogP contribution in [0.3, 0.4) is 0 Å². The second-order valence-electron chi connectivity index (χ2n) is 4.60. The van der Waals surface area contributed by atoms with E-state index < -0.39 is 0 Å². The van der Waals surface area contributed by atoms with E-state index >= 15 is 0 Å². The van der Waals surface area contributed by atoms with Crippen molar-refractivity contribution in [2.24, 2.45) is 0 Å². The van der Waals surface area contributed by atoms with Crippen molar-refractivity contribution in [3.8, 4) is 0 Å². The highest BCUT2D eigenvalue weighted by atomic mass is 35.5. The smallest absolute Gasteiger partial charge is 0.142 e. The average molecular weight is 304 g/mol. The Hall–Kier alpha value is -1.65. The molecular weight excluding hydrogens is 290 g/mol. The van der Waals surface area contributed by atoms with Crippen molar-refractivity contribution in [1.82, 2.24) is 9.97 Å². The monoisotopic (exact) mass is 303 g/mol. The first-order valence-electron chi connectivity index (χ1n) is 6.32. The molecule has 0 saturated heterocycles. The molecule has 0 aliphatic carbocycles. The third kappa shape index (κ3) is 2.25. The second kappa shape index (κ2) is 5.38. The van der Waals surface area contributed by atoms with Gasteiger partial charge in [-0.1, -0.05) is 18.2 Å². The van der Waals surface area contributed by atoms with Crippen LogP contribution in [-0.4, -0.2) is 9.97 Å². The van der Waals surface area contributed by atoms with Crippen molar-refractivity contribution in [3.05, 3.63) is 46.6 Å². The average Bonchev–Trinajstić information content (AvgIpc) is 2.76. The van der Waals surface area contributed by atoms with Crippen LogP contribution in [0.1, 0.15) is 16.0 Å². The van der Waals surface area contributed by atoms with E-state index in [-0.39, 0.29) is 0 Å². The number of hydrogen-bond acceptors (Lipinski definition) is 4. The number of anilines is 2. The Morgan fingerprint density at radius 2 is 2.00 bits per heavy atom. The summed E-state index contributed by atoms with van der Waals surface area (Å²) in [7, 11) is 0. The molecule has 0 unspecified atom stereocenters. The summed E-state index contributed by atoms with van der Waals surface area (Å²) in [6, 6.07) is 8.00. The zero-order valence-electron chi connectivity index (χ0n) is 11.3. The van der Waals surface area contributed by atoms with Crippen LogP contribution in [0.5, 0.6) is 0 Å². The third-order valence-corrected chi connectivity index (χ3v) is 4.78. The van der Waals surface area contributed by atoms with Crippen molar-refractivity contribution in [3.63, 3.8) is 0 Å². The predicted molar refractivity (Wildman–Crippen MR) is 86.2 cm³/mol. The Morgan fingerprint density at radius 3 is 2.80 bits per heavy atom. The van der Waals surface area contributed by atoms with Crippen LogP contribution < -0.4 is 5.32 Å². The molecule has 0 aliphatic rings. The lowest BCUT2D eigenvalue weighted by Gasteiger charge is -2.10. The second-order valence-corrected chi connectivity index (χ2v) is 6.07. The number of hydrogen-bond donors (Lipinski definition) is 1. The van der Waals surface area contributed by atoms with E-state index in [9.17, 15) is 0 Å². The molecule has 0 amide bonds. The topological polar surface area (TPSA) is 37.8 Å². The number of fused-ring (bicyclic) bond motifs is 1. The van der Waals surface area contributed by atoms with Crippen LogP contribution in [-0.2, 0) is 5.88 Å². The van der Waals surface area contributed by atoms with Gasteiger partial charge in [0.25, 0.3) is 0 Å². The van der Waals surface area contributed by atoms with Gasteiger partial charge in [0, 0.05) is 16.4 Å². The molecule has 5 heteroatoms. The molecule has 3 aromatic rings. The Labute approximate surface area is 126 Å². The first kappa shape index (κ1) is 13.3. The lowest BCUT2D eigenvalue weighted by Crippen LogP contribution is -1.98. The molecule has 0 fully saturated rings. The number of rotatable bonds is 3. The van der Waals surface area contributed by atoms with Gasteiger partial charge >= 0.3 is 0 Å². The minimum absolute atomic E-state index is 0.471. The third-order valence-electron chi connectivity index (χ3n) is 3.38. The van der Waals surface area contributed by atoms with Crippen molar-refractivity contribution in [2.45, 2.75) is 19.7 Å². The molecule has 0 bridgehead atoms. The predicted octanol–water partition coefficient (Wildman–Crippen LogP) is 4.79. The van der Waals surface area contributed by atoms with Gasteiger partial charge in [0.15, 0.2) is 0 Å². The maximum Gasteiger partial charge on any atom is 0.142 e. The molecule has 102 valence electrons. The van der Waals surface area contributed by atoms with Gasteiger partial charge in [0.2, 0.25) is 0 Å². The largest absolute Gasteiger partial charge is 0.339 e. The van der Waals surface area contributed by atoms with E-state index in [1.54, 1.807) is 17.7 Å². The number of thiophene rings is 1. The minimum Gasteiger partial charge on any atom is -0.339 e. The lowest BCUT2D eigenvalue weighted by molar-refractivity contribution is 1.22. The first-order chi connectivity index (χ1) is 9.70. The number of aromatic nitrogens is 2. The number of nitrogens with zero attached hydrogens (tertiary/aromatic N) is 2. The fourth-order valence-corrected chi connectivity index (χ4v) is 3.39. The van der Waals surface area contributed by atoms with Crippen molar-refractivity contribution < 1.29 is 0 Å². The molecule has 0 aliphatic heterocycles. The molecule has 3 rings (SSSR count). The minimum atomic E-state index is 0.471. The van der Waals surface area contributed by atoms with Gasteiger partial charge in [-0.25, -0.2) is 9.97 Å². The molecule has 1 aromatic carbocycles.